The molecule has 0 saturated carbocycles. The van der Waals surface area contributed by atoms with E-state index < -0.39 is 0 Å². The van der Waals surface area contributed by atoms with E-state index in [0.29, 0.717) is 22.2 Å². The quantitative estimate of drug-likeness (QED) is 0.854. The van der Waals surface area contributed by atoms with Gasteiger partial charge in [0.15, 0.2) is 5.76 Å². The Balaban J connectivity index is 1.89. The second kappa shape index (κ2) is 4.71. The fourth-order valence-electron chi connectivity index (χ4n) is 1.53. The van der Waals surface area contributed by atoms with Crippen LogP contribution in [0.3, 0.4) is 0 Å². The first-order chi connectivity index (χ1) is 9.22. The van der Waals surface area contributed by atoms with Crippen molar-refractivity contribution in [2.45, 2.75) is 0 Å². The largest absolute Gasteiger partial charge is 0.385 e. The summed E-state index contributed by atoms with van der Waals surface area (Å²) < 4.78 is 0. The Kier molecular flexibility index (Phi) is 2.90. The van der Waals surface area contributed by atoms with Crippen LogP contribution < -0.4 is 16.2 Å². The van der Waals surface area contributed by atoms with Crippen molar-refractivity contribution >= 4 is 23.0 Å². The van der Waals surface area contributed by atoms with Crippen molar-refractivity contribution in [1.29, 1.82) is 0 Å². The summed E-state index contributed by atoms with van der Waals surface area (Å²) in [6, 6.07) is 4.66. The van der Waals surface area contributed by atoms with E-state index in [1.54, 1.807) is 29.5 Å². The Hall–Kier alpha value is -2.38. The maximum absolute atomic E-state index is 10.9. The van der Waals surface area contributed by atoms with E-state index in [0.717, 1.165) is 0 Å². The van der Waals surface area contributed by atoms with Gasteiger partial charge in [-0.15, -0.1) is 0 Å². The highest BCUT2D eigenvalue weighted by Gasteiger charge is 2.18. The normalized spacial score (nSPS) is 14.2. The molecule has 7 nitrogen and oxygen atoms in total. The summed E-state index contributed by atoms with van der Waals surface area (Å²) in [6.07, 6.45) is 4.84. The Morgan fingerprint density at radius 3 is 2.95 bits per heavy atom. The zero-order valence-electron chi connectivity index (χ0n) is 9.50. The smallest absolute Gasteiger partial charge is 0.264 e. The van der Waals surface area contributed by atoms with Gasteiger partial charge in [0, 0.05) is 12.3 Å². The molecule has 0 spiro atoms. The molecule has 0 aromatic carbocycles. The van der Waals surface area contributed by atoms with Gasteiger partial charge >= 0.3 is 0 Å². The van der Waals surface area contributed by atoms with Gasteiger partial charge in [-0.3, -0.25) is 9.78 Å². The van der Waals surface area contributed by atoms with Crippen LogP contribution in [0, 0.1) is 0 Å². The zero-order valence-corrected chi connectivity index (χ0v) is 10.3. The Labute approximate surface area is 112 Å². The van der Waals surface area contributed by atoms with E-state index in [1.807, 2.05) is 0 Å². The third-order valence-corrected chi connectivity index (χ3v) is 2.61. The molecule has 96 valence electrons. The summed E-state index contributed by atoms with van der Waals surface area (Å²) in [5.74, 6) is 0.469. The molecule has 2 aromatic heterocycles. The van der Waals surface area contributed by atoms with Gasteiger partial charge in [0.25, 0.3) is 5.56 Å². The fourth-order valence-corrected chi connectivity index (χ4v) is 1.70. The first-order valence-corrected chi connectivity index (χ1v) is 5.70. The highest BCUT2D eigenvalue weighted by molar-refractivity contribution is 6.30. The highest BCUT2D eigenvalue weighted by atomic mass is 35.5. The number of nitrogens with zero attached hydrogens (tertiary/aromatic N) is 3. The highest BCUT2D eigenvalue weighted by Crippen LogP contribution is 2.23. The van der Waals surface area contributed by atoms with Crippen molar-refractivity contribution in [2.75, 3.05) is 5.01 Å². The van der Waals surface area contributed by atoms with Gasteiger partial charge in [0.05, 0.1) is 23.1 Å². The van der Waals surface area contributed by atoms with Crippen LogP contribution in [0.4, 0.5) is 5.69 Å². The van der Waals surface area contributed by atoms with Gasteiger partial charge in [-0.1, -0.05) is 17.2 Å². The van der Waals surface area contributed by atoms with Crippen LogP contribution in [0.2, 0.25) is 5.02 Å². The van der Waals surface area contributed by atoms with Gasteiger partial charge in [0.1, 0.15) is 5.69 Å². The molecule has 2 aromatic rings. The average molecular weight is 278 g/mol. The third kappa shape index (κ3) is 2.42. The standard InChI is InChI=1S/C11H8ClN5O2/c12-7-3-8(5-13-4-7)17-6-10(19-16-17)9-1-2-11(18)15-14-9/h1-6,16H,(H,15,18). The summed E-state index contributed by atoms with van der Waals surface area (Å²) >= 11 is 5.86. The van der Waals surface area contributed by atoms with Crippen molar-refractivity contribution in [3.8, 4) is 0 Å². The van der Waals surface area contributed by atoms with Gasteiger partial charge in [-0.25, -0.2) is 10.1 Å². The van der Waals surface area contributed by atoms with Crippen molar-refractivity contribution in [3.63, 3.8) is 0 Å². The van der Waals surface area contributed by atoms with Crippen LogP contribution in [0.5, 0.6) is 0 Å². The van der Waals surface area contributed by atoms with Crippen LogP contribution in [-0.2, 0) is 4.84 Å². The van der Waals surface area contributed by atoms with Gasteiger partial charge < -0.3 is 4.84 Å². The molecular formula is C11H8ClN5O2. The molecular weight excluding hydrogens is 270 g/mol. The van der Waals surface area contributed by atoms with E-state index in [2.05, 4.69) is 20.8 Å². The molecule has 8 heteroatoms. The number of hydrazine groups is 1. The van der Waals surface area contributed by atoms with Crippen molar-refractivity contribution < 1.29 is 4.84 Å². The van der Waals surface area contributed by atoms with Crippen LogP contribution in [-0.4, -0.2) is 15.2 Å². The number of nitrogens with one attached hydrogen (secondary N) is 2. The summed E-state index contributed by atoms with van der Waals surface area (Å²) in [4.78, 5) is 20.2. The second-order valence-electron chi connectivity index (χ2n) is 3.72. The summed E-state index contributed by atoms with van der Waals surface area (Å²) in [5.41, 5.74) is 3.62. The molecule has 3 heterocycles. The number of hydrogen-bond donors (Lipinski definition) is 2. The Bertz CT molecular complexity index is 679. The lowest BCUT2D eigenvalue weighted by Crippen LogP contribution is -2.27. The van der Waals surface area contributed by atoms with E-state index in [4.69, 9.17) is 16.4 Å². The number of hydrogen-bond acceptors (Lipinski definition) is 6. The number of pyridine rings is 1. The molecule has 3 rings (SSSR count). The molecule has 0 saturated heterocycles. The lowest BCUT2D eigenvalue weighted by molar-refractivity contribution is 0.179. The van der Waals surface area contributed by atoms with E-state index >= 15 is 0 Å². The molecule has 0 atom stereocenters. The zero-order chi connectivity index (χ0) is 13.2. The Morgan fingerprint density at radius 2 is 2.21 bits per heavy atom. The summed E-state index contributed by atoms with van der Waals surface area (Å²) in [5, 5.41) is 8.32. The van der Waals surface area contributed by atoms with Crippen LogP contribution in [0.1, 0.15) is 5.69 Å². The van der Waals surface area contributed by atoms with Crippen molar-refractivity contribution in [3.05, 3.63) is 57.9 Å². The topological polar surface area (TPSA) is 83.1 Å². The second-order valence-corrected chi connectivity index (χ2v) is 4.16. The molecule has 0 amide bonds. The molecule has 1 aliphatic heterocycles. The first-order valence-electron chi connectivity index (χ1n) is 5.32. The van der Waals surface area contributed by atoms with E-state index in [9.17, 15) is 4.79 Å². The number of aromatic amines is 1. The number of halogens is 1. The maximum atomic E-state index is 10.9. The molecule has 0 radical (unpaired) electrons. The molecule has 1 aliphatic rings. The third-order valence-electron chi connectivity index (χ3n) is 2.40. The van der Waals surface area contributed by atoms with Crippen molar-refractivity contribution in [2.24, 2.45) is 0 Å². The van der Waals surface area contributed by atoms with Gasteiger partial charge in [-0.2, -0.15) is 5.10 Å². The molecule has 0 bridgehead atoms. The minimum atomic E-state index is -0.272. The van der Waals surface area contributed by atoms with E-state index in [1.165, 1.54) is 12.3 Å². The SMILES string of the molecule is O=c1ccc(C2=CN(c3cncc(Cl)c3)NO2)n[nH]1. The minimum Gasteiger partial charge on any atom is -0.385 e. The monoisotopic (exact) mass is 277 g/mol. The number of H-pyrrole nitrogens is 1. The predicted molar refractivity (Wildman–Crippen MR) is 68.8 cm³/mol. The molecule has 2 N–H and O–H groups in total. The Morgan fingerprint density at radius 1 is 1.32 bits per heavy atom. The molecule has 0 unspecified atom stereocenters. The van der Waals surface area contributed by atoms with Gasteiger partial charge in [-0.05, 0) is 12.1 Å². The number of aromatic nitrogens is 3. The number of anilines is 1. The summed E-state index contributed by atoms with van der Waals surface area (Å²) in [7, 11) is 0. The lowest BCUT2D eigenvalue weighted by Gasteiger charge is -2.12. The van der Waals surface area contributed by atoms with Gasteiger partial charge in [0.2, 0.25) is 0 Å². The molecule has 0 aliphatic carbocycles. The lowest BCUT2D eigenvalue weighted by atomic mass is 10.3. The van der Waals surface area contributed by atoms with Crippen LogP contribution in [0.15, 0.2) is 41.6 Å². The predicted octanol–water partition coefficient (Wildman–Crippen LogP) is 1.07. The van der Waals surface area contributed by atoms with Crippen LogP contribution in [0.25, 0.3) is 5.76 Å². The number of rotatable bonds is 2. The van der Waals surface area contributed by atoms with E-state index in [-0.39, 0.29) is 5.56 Å². The van der Waals surface area contributed by atoms with Crippen LogP contribution >= 0.6 is 11.6 Å². The summed E-state index contributed by atoms with van der Waals surface area (Å²) in [6.45, 7) is 0. The average Bonchev–Trinajstić information content (AvgIpc) is 2.89. The molecule has 19 heavy (non-hydrogen) atoms. The maximum Gasteiger partial charge on any atom is 0.264 e. The first kappa shape index (κ1) is 11.7. The van der Waals surface area contributed by atoms with Crippen molar-refractivity contribution in [1.82, 2.24) is 20.8 Å². The fraction of sp³-hybridized carbons (Fsp3) is 0. The minimum absolute atomic E-state index is 0.272. The molecule has 0 fully saturated rings.